The third-order valence-corrected chi connectivity index (χ3v) is 7.85. The highest BCUT2D eigenvalue weighted by molar-refractivity contribution is 5.82. The van der Waals surface area contributed by atoms with Gasteiger partial charge in [0.15, 0.2) is 11.6 Å². The number of nitrogens with zero attached hydrogens (tertiary/aromatic N) is 2. The summed E-state index contributed by atoms with van der Waals surface area (Å²) in [4.78, 5) is 40.6. The Hall–Kier alpha value is -3.92. The molecule has 7 nitrogen and oxygen atoms in total. The highest BCUT2D eigenvalue weighted by atomic mass is 19.2. The summed E-state index contributed by atoms with van der Waals surface area (Å²) >= 11 is 0. The number of halogens is 3. The van der Waals surface area contributed by atoms with Crippen LogP contribution in [0, 0.1) is 31.4 Å². The first-order valence-electron chi connectivity index (χ1n) is 14.5. The second kappa shape index (κ2) is 13.6. The maximum atomic E-state index is 15.3. The Morgan fingerprint density at radius 3 is 2.40 bits per heavy atom. The summed E-state index contributed by atoms with van der Waals surface area (Å²) in [5, 5.41) is 12.3. The van der Waals surface area contributed by atoms with Crippen LogP contribution in [0.1, 0.15) is 67.4 Å². The van der Waals surface area contributed by atoms with Gasteiger partial charge >= 0.3 is 5.97 Å². The Labute approximate surface area is 249 Å². The number of rotatable bonds is 11. The topological polar surface area (TPSA) is 91.6 Å². The fraction of sp³-hybridized carbons (Fsp3) is 0.424. The molecule has 1 saturated heterocycles. The summed E-state index contributed by atoms with van der Waals surface area (Å²) in [5.74, 6) is -4.48. The summed E-state index contributed by atoms with van der Waals surface area (Å²) in [7, 11) is 0. The molecule has 2 unspecified atom stereocenters. The van der Waals surface area contributed by atoms with Crippen LogP contribution < -0.4 is 10.9 Å². The number of carbonyl (C=O) groups excluding carboxylic acids is 1. The minimum atomic E-state index is -1.41. The van der Waals surface area contributed by atoms with Gasteiger partial charge in [-0.1, -0.05) is 38.1 Å². The van der Waals surface area contributed by atoms with Crippen LogP contribution in [-0.2, 0) is 16.1 Å². The number of aromatic nitrogens is 1. The maximum absolute atomic E-state index is 15.3. The van der Waals surface area contributed by atoms with E-state index in [0.717, 1.165) is 17.2 Å². The van der Waals surface area contributed by atoms with Crippen LogP contribution in [0.3, 0.4) is 0 Å². The Morgan fingerprint density at radius 2 is 1.79 bits per heavy atom. The molecule has 4 rings (SSSR count). The number of benzene rings is 2. The standard InChI is InChI=1S/C33H38F3N3O4/c1-19(2)12-28(39-17-22(8-9-29(39)40)16-38-11-10-24(34)18-38)33(43)37-27(15-30(41)42)25-13-23(14-26(35)32(25)36)31-20(3)6-5-7-21(31)4/h5-9,13-14,17,19,24,27-28H,10-12,15-16,18H2,1-4H3,(H,37,43)(H,41,42)/t24-,27?,28?/m1/s1. The highest BCUT2D eigenvalue weighted by Gasteiger charge is 2.30. The van der Waals surface area contributed by atoms with Gasteiger partial charge in [-0.05, 0) is 72.6 Å². The molecule has 1 aromatic heterocycles. The van der Waals surface area contributed by atoms with E-state index in [2.05, 4.69) is 5.32 Å². The van der Waals surface area contributed by atoms with Crippen molar-refractivity contribution < 1.29 is 27.9 Å². The molecule has 1 aliphatic rings. The van der Waals surface area contributed by atoms with E-state index in [9.17, 15) is 23.9 Å². The molecule has 3 atom stereocenters. The molecule has 43 heavy (non-hydrogen) atoms. The van der Waals surface area contributed by atoms with Crippen molar-refractivity contribution in [3.05, 3.63) is 92.9 Å². The van der Waals surface area contributed by atoms with E-state index in [1.54, 1.807) is 12.3 Å². The summed E-state index contributed by atoms with van der Waals surface area (Å²) in [6.07, 6.45) is 0.611. The van der Waals surface area contributed by atoms with Gasteiger partial charge in [0.2, 0.25) is 5.91 Å². The van der Waals surface area contributed by atoms with Crippen LogP contribution in [0.25, 0.3) is 11.1 Å². The van der Waals surface area contributed by atoms with E-state index in [-0.39, 0.29) is 24.4 Å². The number of aryl methyl sites for hydroxylation is 2. The SMILES string of the molecule is Cc1cccc(C)c1-c1cc(F)c(F)c(C(CC(=O)O)NC(=O)C(CC(C)C)n2cc(CN3CC[C@@H](F)C3)ccc2=O)c1. The van der Waals surface area contributed by atoms with E-state index in [1.807, 2.05) is 50.8 Å². The lowest BCUT2D eigenvalue weighted by molar-refractivity contribution is -0.138. The molecule has 0 radical (unpaired) electrons. The van der Waals surface area contributed by atoms with Crippen LogP contribution in [0.2, 0.25) is 0 Å². The number of alkyl halides is 1. The Morgan fingerprint density at radius 1 is 1.09 bits per heavy atom. The predicted octanol–water partition coefficient (Wildman–Crippen LogP) is 5.87. The normalized spacial score (nSPS) is 16.8. The largest absolute Gasteiger partial charge is 0.481 e. The lowest BCUT2D eigenvalue weighted by Crippen LogP contribution is -2.40. The van der Waals surface area contributed by atoms with Gasteiger partial charge in [0, 0.05) is 37.5 Å². The number of pyridine rings is 1. The molecule has 1 amide bonds. The zero-order valence-corrected chi connectivity index (χ0v) is 24.9. The zero-order chi connectivity index (χ0) is 31.4. The summed E-state index contributed by atoms with van der Waals surface area (Å²) < 4.78 is 45.3. The Bertz CT molecular complexity index is 1530. The van der Waals surface area contributed by atoms with Crippen molar-refractivity contribution in [3.8, 4) is 11.1 Å². The molecule has 2 N–H and O–H groups in total. The van der Waals surface area contributed by atoms with E-state index >= 15 is 8.78 Å². The molecule has 0 saturated carbocycles. The van der Waals surface area contributed by atoms with Crippen LogP contribution in [0.15, 0.2) is 53.5 Å². The third kappa shape index (κ3) is 7.73. The van der Waals surface area contributed by atoms with Gasteiger partial charge < -0.3 is 15.0 Å². The number of nitrogens with one attached hydrogen (secondary N) is 1. The third-order valence-electron chi connectivity index (χ3n) is 7.85. The van der Waals surface area contributed by atoms with Crippen molar-refractivity contribution in [1.82, 2.24) is 14.8 Å². The number of hydrogen-bond donors (Lipinski definition) is 2. The quantitative estimate of drug-likeness (QED) is 0.288. The smallest absolute Gasteiger partial charge is 0.305 e. The van der Waals surface area contributed by atoms with Gasteiger partial charge in [-0.2, -0.15) is 0 Å². The van der Waals surface area contributed by atoms with E-state index in [4.69, 9.17) is 0 Å². The molecule has 1 aliphatic heterocycles. The predicted molar refractivity (Wildman–Crippen MR) is 158 cm³/mol. The molecule has 230 valence electrons. The van der Waals surface area contributed by atoms with Crippen LogP contribution in [-0.4, -0.2) is 45.7 Å². The van der Waals surface area contributed by atoms with Crippen LogP contribution in [0.4, 0.5) is 13.2 Å². The number of hydrogen-bond acceptors (Lipinski definition) is 4. The number of carbonyl (C=O) groups is 2. The van der Waals surface area contributed by atoms with Gasteiger partial charge in [0.25, 0.3) is 5.56 Å². The average molecular weight is 598 g/mol. The summed E-state index contributed by atoms with van der Waals surface area (Å²) in [6.45, 7) is 8.68. The van der Waals surface area contributed by atoms with Crippen molar-refractivity contribution in [2.45, 2.75) is 71.8 Å². The fourth-order valence-corrected chi connectivity index (χ4v) is 5.83. The molecule has 0 spiro atoms. The number of carboxylic acids is 1. The molecule has 0 bridgehead atoms. The monoisotopic (exact) mass is 597 g/mol. The minimum Gasteiger partial charge on any atom is -0.481 e. The first-order chi connectivity index (χ1) is 20.3. The van der Waals surface area contributed by atoms with Gasteiger partial charge in [-0.15, -0.1) is 0 Å². The van der Waals surface area contributed by atoms with Crippen LogP contribution >= 0.6 is 0 Å². The van der Waals surface area contributed by atoms with Crippen molar-refractivity contribution in [2.75, 3.05) is 13.1 Å². The van der Waals surface area contributed by atoms with E-state index in [0.29, 0.717) is 36.2 Å². The van der Waals surface area contributed by atoms with Gasteiger partial charge in [0.1, 0.15) is 12.2 Å². The van der Waals surface area contributed by atoms with Crippen molar-refractivity contribution in [2.24, 2.45) is 5.92 Å². The Kier molecular flexibility index (Phi) is 10.1. The molecule has 1 fully saturated rings. The molecule has 2 aromatic carbocycles. The first-order valence-corrected chi connectivity index (χ1v) is 14.5. The number of likely N-dealkylation sites (tertiary alicyclic amines) is 1. The molecule has 3 aromatic rings. The summed E-state index contributed by atoms with van der Waals surface area (Å²) in [6, 6.07) is 8.47. The first kappa shape index (κ1) is 32.0. The summed E-state index contributed by atoms with van der Waals surface area (Å²) in [5.41, 5.74) is 2.65. The molecule has 0 aliphatic carbocycles. The van der Waals surface area contributed by atoms with Crippen LogP contribution in [0.5, 0.6) is 0 Å². The molecular formula is C33H38F3N3O4. The number of amides is 1. The number of aliphatic carboxylic acids is 1. The van der Waals surface area contributed by atoms with Crippen molar-refractivity contribution >= 4 is 11.9 Å². The second-order valence-electron chi connectivity index (χ2n) is 11.8. The minimum absolute atomic E-state index is 0.0448. The van der Waals surface area contributed by atoms with E-state index in [1.165, 1.54) is 16.7 Å². The van der Waals surface area contributed by atoms with Gasteiger partial charge in [-0.25, -0.2) is 13.2 Å². The lowest BCUT2D eigenvalue weighted by atomic mass is 9.92. The highest BCUT2D eigenvalue weighted by Crippen LogP contribution is 2.33. The maximum Gasteiger partial charge on any atom is 0.305 e. The lowest BCUT2D eigenvalue weighted by Gasteiger charge is -2.26. The average Bonchev–Trinajstić information content (AvgIpc) is 3.33. The number of carboxylic acid groups (broad SMARTS) is 1. The molecule has 10 heteroatoms. The van der Waals surface area contributed by atoms with Gasteiger partial charge in [0.05, 0.1) is 12.5 Å². The van der Waals surface area contributed by atoms with Crippen molar-refractivity contribution in [1.29, 1.82) is 0 Å². The fourth-order valence-electron chi connectivity index (χ4n) is 5.83. The second-order valence-corrected chi connectivity index (χ2v) is 11.8. The van der Waals surface area contributed by atoms with Gasteiger partial charge in [-0.3, -0.25) is 19.3 Å². The Balaban J connectivity index is 1.71. The van der Waals surface area contributed by atoms with E-state index < -0.39 is 53.7 Å². The zero-order valence-electron chi connectivity index (χ0n) is 24.9. The molecule has 2 heterocycles. The molecular weight excluding hydrogens is 559 g/mol. The van der Waals surface area contributed by atoms with Crippen molar-refractivity contribution in [3.63, 3.8) is 0 Å².